The number of aromatic nitrogens is 1. The van der Waals surface area contributed by atoms with E-state index in [-0.39, 0.29) is 16.8 Å². The topological polar surface area (TPSA) is 88.6 Å². The second kappa shape index (κ2) is 11.1. The van der Waals surface area contributed by atoms with Gasteiger partial charge in [0.1, 0.15) is 12.4 Å². The number of carbonyl (C=O) groups is 1. The molecular formula is C25H29N3O4S. The number of ether oxygens (including phenoxy) is 1. The van der Waals surface area contributed by atoms with Crippen LogP contribution >= 0.6 is 0 Å². The van der Waals surface area contributed by atoms with Gasteiger partial charge in [-0.25, -0.2) is 8.42 Å². The zero-order chi connectivity index (χ0) is 23.8. The Hall–Kier alpha value is -3.23. The van der Waals surface area contributed by atoms with Gasteiger partial charge in [0.15, 0.2) is 0 Å². The van der Waals surface area contributed by atoms with Crippen LogP contribution in [-0.2, 0) is 16.6 Å². The molecule has 174 valence electrons. The minimum absolute atomic E-state index is 0.113. The molecular weight excluding hydrogens is 438 g/mol. The summed E-state index contributed by atoms with van der Waals surface area (Å²) in [6.45, 7) is 6.61. The lowest BCUT2D eigenvalue weighted by Crippen LogP contribution is -2.31. The number of pyridine rings is 1. The standard InChI is InChI=1S/C25H29N3O4S/c1-4-28(5-2)33(30,31)24-10-6-9-22(16-24)25(29)27-19(3)21-11-13-23(14-12-21)32-18-20-8-7-15-26-17-20/h6-17,19H,4-5,18H2,1-3H3,(H,27,29). The van der Waals surface area contributed by atoms with Gasteiger partial charge < -0.3 is 10.1 Å². The second-order valence-electron chi connectivity index (χ2n) is 7.53. The fourth-order valence-corrected chi connectivity index (χ4v) is 4.88. The zero-order valence-corrected chi connectivity index (χ0v) is 19.9. The van der Waals surface area contributed by atoms with Crippen molar-refractivity contribution in [3.05, 3.63) is 89.7 Å². The highest BCUT2D eigenvalue weighted by Gasteiger charge is 2.23. The normalized spacial score (nSPS) is 12.4. The van der Waals surface area contributed by atoms with E-state index in [9.17, 15) is 13.2 Å². The monoisotopic (exact) mass is 467 g/mol. The van der Waals surface area contributed by atoms with Gasteiger partial charge in [-0.05, 0) is 48.9 Å². The van der Waals surface area contributed by atoms with E-state index in [0.717, 1.165) is 16.9 Å². The molecule has 0 spiro atoms. The predicted octanol–water partition coefficient (Wildman–Crippen LogP) is 4.18. The van der Waals surface area contributed by atoms with Gasteiger partial charge in [0.05, 0.1) is 10.9 Å². The molecule has 0 aliphatic heterocycles. The van der Waals surface area contributed by atoms with Crippen molar-refractivity contribution in [2.24, 2.45) is 0 Å². The van der Waals surface area contributed by atoms with Crippen LogP contribution in [-0.4, -0.2) is 36.7 Å². The van der Waals surface area contributed by atoms with E-state index in [0.29, 0.717) is 25.3 Å². The molecule has 0 radical (unpaired) electrons. The third kappa shape index (κ3) is 6.18. The Balaban J connectivity index is 1.64. The highest BCUT2D eigenvalue weighted by atomic mass is 32.2. The maximum Gasteiger partial charge on any atom is 0.251 e. The number of amides is 1. The zero-order valence-electron chi connectivity index (χ0n) is 19.1. The lowest BCUT2D eigenvalue weighted by molar-refractivity contribution is 0.0939. The average molecular weight is 468 g/mol. The van der Waals surface area contributed by atoms with Crippen LogP contribution in [0.4, 0.5) is 0 Å². The van der Waals surface area contributed by atoms with Crippen LogP contribution in [0, 0.1) is 0 Å². The van der Waals surface area contributed by atoms with Crippen LogP contribution in [0.2, 0.25) is 0 Å². The van der Waals surface area contributed by atoms with E-state index < -0.39 is 10.0 Å². The highest BCUT2D eigenvalue weighted by molar-refractivity contribution is 7.89. The number of nitrogens with one attached hydrogen (secondary N) is 1. The third-order valence-electron chi connectivity index (χ3n) is 5.30. The largest absolute Gasteiger partial charge is 0.489 e. The van der Waals surface area contributed by atoms with E-state index in [1.165, 1.54) is 16.4 Å². The number of carbonyl (C=O) groups excluding carboxylic acids is 1. The van der Waals surface area contributed by atoms with Gasteiger partial charge in [0, 0.05) is 36.6 Å². The van der Waals surface area contributed by atoms with E-state index in [2.05, 4.69) is 10.3 Å². The van der Waals surface area contributed by atoms with Crippen molar-refractivity contribution < 1.29 is 17.9 Å². The molecule has 1 atom stereocenters. The molecule has 1 heterocycles. The summed E-state index contributed by atoms with van der Waals surface area (Å²) in [5, 5.41) is 2.93. The SMILES string of the molecule is CCN(CC)S(=O)(=O)c1cccc(C(=O)NC(C)c2ccc(OCc3cccnc3)cc2)c1. The number of rotatable bonds is 10. The van der Waals surface area contributed by atoms with E-state index in [4.69, 9.17) is 4.74 Å². The Morgan fingerprint density at radius 1 is 1.06 bits per heavy atom. The van der Waals surface area contributed by atoms with Gasteiger partial charge in [0.2, 0.25) is 10.0 Å². The molecule has 0 aliphatic rings. The molecule has 0 aliphatic carbocycles. The average Bonchev–Trinajstić information content (AvgIpc) is 2.84. The van der Waals surface area contributed by atoms with Gasteiger partial charge in [-0.1, -0.05) is 38.1 Å². The molecule has 1 unspecified atom stereocenters. The molecule has 3 aromatic rings. The summed E-state index contributed by atoms with van der Waals surface area (Å²) < 4.78 is 32.7. The van der Waals surface area contributed by atoms with Gasteiger partial charge in [0.25, 0.3) is 5.91 Å². The minimum Gasteiger partial charge on any atom is -0.489 e. The Morgan fingerprint density at radius 3 is 2.42 bits per heavy atom. The lowest BCUT2D eigenvalue weighted by Gasteiger charge is -2.19. The van der Waals surface area contributed by atoms with Crippen molar-refractivity contribution in [3.8, 4) is 5.75 Å². The summed E-state index contributed by atoms with van der Waals surface area (Å²) in [6, 6.07) is 17.2. The molecule has 1 aromatic heterocycles. The van der Waals surface area contributed by atoms with Crippen LogP contribution < -0.4 is 10.1 Å². The van der Waals surface area contributed by atoms with Gasteiger partial charge in [-0.3, -0.25) is 9.78 Å². The Kier molecular flexibility index (Phi) is 8.19. The summed E-state index contributed by atoms with van der Waals surface area (Å²) in [7, 11) is -3.63. The van der Waals surface area contributed by atoms with Gasteiger partial charge in [-0.15, -0.1) is 0 Å². The first-order valence-electron chi connectivity index (χ1n) is 10.9. The maximum absolute atomic E-state index is 12.8. The first kappa shape index (κ1) is 24.4. The summed E-state index contributed by atoms with van der Waals surface area (Å²) >= 11 is 0. The predicted molar refractivity (Wildman–Crippen MR) is 127 cm³/mol. The number of hydrogen-bond acceptors (Lipinski definition) is 5. The number of benzene rings is 2. The molecule has 33 heavy (non-hydrogen) atoms. The molecule has 0 bridgehead atoms. The van der Waals surface area contributed by atoms with Crippen LogP contribution in [0.5, 0.6) is 5.75 Å². The first-order valence-corrected chi connectivity index (χ1v) is 12.3. The van der Waals surface area contributed by atoms with Crippen LogP contribution in [0.3, 0.4) is 0 Å². The quantitative estimate of drug-likeness (QED) is 0.483. The third-order valence-corrected chi connectivity index (χ3v) is 7.34. The summed E-state index contributed by atoms with van der Waals surface area (Å²) in [6.07, 6.45) is 3.47. The minimum atomic E-state index is -3.63. The maximum atomic E-state index is 12.8. The molecule has 2 aromatic carbocycles. The highest BCUT2D eigenvalue weighted by Crippen LogP contribution is 2.20. The number of nitrogens with zero attached hydrogens (tertiary/aromatic N) is 2. The van der Waals surface area contributed by atoms with Crippen LogP contribution in [0.25, 0.3) is 0 Å². The van der Waals surface area contributed by atoms with Crippen molar-refractivity contribution in [1.82, 2.24) is 14.6 Å². The molecule has 3 rings (SSSR count). The van der Waals surface area contributed by atoms with E-state index in [1.807, 2.05) is 43.3 Å². The molecule has 0 fully saturated rings. The van der Waals surface area contributed by atoms with Crippen molar-refractivity contribution >= 4 is 15.9 Å². The fraction of sp³-hybridized carbons (Fsp3) is 0.280. The molecule has 1 N–H and O–H groups in total. The first-order chi connectivity index (χ1) is 15.8. The fourth-order valence-electron chi connectivity index (χ4n) is 3.38. The molecule has 0 saturated heterocycles. The van der Waals surface area contributed by atoms with E-state index in [1.54, 1.807) is 38.4 Å². The van der Waals surface area contributed by atoms with Crippen molar-refractivity contribution in [2.75, 3.05) is 13.1 Å². The molecule has 0 saturated carbocycles. The van der Waals surface area contributed by atoms with Crippen molar-refractivity contribution in [1.29, 1.82) is 0 Å². The van der Waals surface area contributed by atoms with Crippen LogP contribution in [0.1, 0.15) is 48.3 Å². The Bertz CT molecular complexity index is 1160. The summed E-state index contributed by atoms with van der Waals surface area (Å²) in [5.41, 5.74) is 2.18. The van der Waals surface area contributed by atoms with Crippen LogP contribution in [0.15, 0.2) is 78.0 Å². The number of hydrogen-bond donors (Lipinski definition) is 1. The molecule has 8 heteroatoms. The Morgan fingerprint density at radius 2 is 1.79 bits per heavy atom. The smallest absolute Gasteiger partial charge is 0.251 e. The van der Waals surface area contributed by atoms with Crippen molar-refractivity contribution in [2.45, 2.75) is 38.3 Å². The van der Waals surface area contributed by atoms with Crippen molar-refractivity contribution in [3.63, 3.8) is 0 Å². The van der Waals surface area contributed by atoms with E-state index >= 15 is 0 Å². The second-order valence-corrected chi connectivity index (χ2v) is 9.47. The summed E-state index contributed by atoms with van der Waals surface area (Å²) in [4.78, 5) is 17.0. The van der Waals surface area contributed by atoms with Gasteiger partial charge >= 0.3 is 0 Å². The Labute approximate surface area is 195 Å². The molecule has 1 amide bonds. The van der Waals surface area contributed by atoms with Gasteiger partial charge in [-0.2, -0.15) is 4.31 Å². The molecule has 7 nitrogen and oxygen atoms in total. The number of sulfonamides is 1. The lowest BCUT2D eigenvalue weighted by atomic mass is 10.1. The summed E-state index contributed by atoms with van der Waals surface area (Å²) in [5.74, 6) is 0.381.